The molecule has 0 aromatic carbocycles. The van der Waals surface area contributed by atoms with Gasteiger partial charge in [-0.25, -0.2) is 9.78 Å². The summed E-state index contributed by atoms with van der Waals surface area (Å²) in [6.45, 7) is 6.20. The van der Waals surface area contributed by atoms with Crippen molar-refractivity contribution >= 4 is 11.9 Å². The summed E-state index contributed by atoms with van der Waals surface area (Å²) in [6.07, 6.45) is 0.860. The van der Waals surface area contributed by atoms with Gasteiger partial charge in [0.15, 0.2) is 0 Å². The Kier molecular flexibility index (Phi) is 4.09. The molecule has 1 fully saturated rings. The second-order valence-electron chi connectivity index (χ2n) is 4.55. The van der Waals surface area contributed by atoms with E-state index in [0.29, 0.717) is 26.2 Å². The molecular formula is C13H19N3O3. The largest absolute Gasteiger partial charge is 0.494 e. The highest BCUT2D eigenvalue weighted by Crippen LogP contribution is 2.22. The molecular weight excluding hydrogens is 246 g/mol. The summed E-state index contributed by atoms with van der Waals surface area (Å²) in [5.74, 6) is 1.63. The lowest BCUT2D eigenvalue weighted by Gasteiger charge is -2.39. The first kappa shape index (κ1) is 13.5. The third-order valence-electron chi connectivity index (χ3n) is 3.22. The van der Waals surface area contributed by atoms with Gasteiger partial charge in [0.05, 0.1) is 6.61 Å². The average molecular weight is 265 g/mol. The third kappa shape index (κ3) is 3.07. The second kappa shape index (κ2) is 5.77. The molecule has 2 heterocycles. The molecule has 1 saturated heterocycles. The first-order valence-electron chi connectivity index (χ1n) is 6.45. The molecule has 1 atom stereocenters. The number of anilines is 1. The van der Waals surface area contributed by atoms with Crippen LogP contribution >= 0.6 is 0 Å². The standard InChI is InChI=1S/C13H19N3O3/c1-3-19-11-4-5-14-12(8-11)16-7-6-15(13(17)18)9-10(16)2/h4-5,8,10H,3,6-7,9H2,1-2H3,(H,17,18). The molecule has 2 rings (SSSR count). The Bertz CT molecular complexity index is 453. The average Bonchev–Trinajstić information content (AvgIpc) is 2.39. The normalized spacial score (nSPS) is 19.4. The smallest absolute Gasteiger partial charge is 0.407 e. The van der Waals surface area contributed by atoms with Gasteiger partial charge in [0.1, 0.15) is 11.6 Å². The molecule has 0 saturated carbocycles. The lowest BCUT2D eigenvalue weighted by Crippen LogP contribution is -2.53. The molecule has 1 aliphatic rings. The maximum absolute atomic E-state index is 11.0. The fourth-order valence-electron chi connectivity index (χ4n) is 2.28. The van der Waals surface area contributed by atoms with Gasteiger partial charge >= 0.3 is 6.09 Å². The van der Waals surface area contributed by atoms with Gasteiger partial charge in [-0.3, -0.25) is 0 Å². The minimum atomic E-state index is -0.859. The Morgan fingerprint density at radius 2 is 2.37 bits per heavy atom. The van der Waals surface area contributed by atoms with Crippen molar-refractivity contribution < 1.29 is 14.6 Å². The molecule has 104 valence electrons. The fourth-order valence-corrected chi connectivity index (χ4v) is 2.28. The Morgan fingerprint density at radius 3 is 3.00 bits per heavy atom. The van der Waals surface area contributed by atoms with Gasteiger partial charge in [0.25, 0.3) is 0 Å². The predicted octanol–water partition coefficient (Wildman–Crippen LogP) is 1.67. The van der Waals surface area contributed by atoms with E-state index in [2.05, 4.69) is 9.88 Å². The van der Waals surface area contributed by atoms with Gasteiger partial charge in [0, 0.05) is 37.9 Å². The predicted molar refractivity (Wildman–Crippen MR) is 71.8 cm³/mol. The lowest BCUT2D eigenvalue weighted by molar-refractivity contribution is 0.136. The van der Waals surface area contributed by atoms with Crippen molar-refractivity contribution in [1.29, 1.82) is 0 Å². The van der Waals surface area contributed by atoms with Crippen molar-refractivity contribution in [3.8, 4) is 5.75 Å². The van der Waals surface area contributed by atoms with E-state index in [1.165, 1.54) is 4.90 Å². The molecule has 1 aliphatic heterocycles. The van der Waals surface area contributed by atoms with Crippen LogP contribution in [0, 0.1) is 0 Å². The van der Waals surface area contributed by atoms with E-state index in [4.69, 9.17) is 9.84 Å². The first-order chi connectivity index (χ1) is 9.11. The quantitative estimate of drug-likeness (QED) is 0.900. The zero-order valence-electron chi connectivity index (χ0n) is 11.2. The Balaban J connectivity index is 2.10. The highest BCUT2D eigenvalue weighted by molar-refractivity contribution is 5.65. The number of hydrogen-bond donors (Lipinski definition) is 1. The topological polar surface area (TPSA) is 65.9 Å². The van der Waals surface area contributed by atoms with Gasteiger partial charge in [-0.1, -0.05) is 0 Å². The molecule has 1 unspecified atom stereocenters. The molecule has 6 heteroatoms. The van der Waals surface area contributed by atoms with Crippen LogP contribution in [0.3, 0.4) is 0 Å². The Hall–Kier alpha value is -1.98. The minimum absolute atomic E-state index is 0.106. The number of nitrogens with zero attached hydrogens (tertiary/aromatic N) is 3. The van der Waals surface area contributed by atoms with Crippen LogP contribution in [0.5, 0.6) is 5.75 Å². The molecule has 0 bridgehead atoms. The zero-order valence-corrected chi connectivity index (χ0v) is 11.2. The second-order valence-corrected chi connectivity index (χ2v) is 4.55. The van der Waals surface area contributed by atoms with Crippen LogP contribution in [-0.4, -0.2) is 53.4 Å². The number of amides is 1. The fraction of sp³-hybridized carbons (Fsp3) is 0.538. The summed E-state index contributed by atoms with van der Waals surface area (Å²) >= 11 is 0. The number of carbonyl (C=O) groups is 1. The van der Waals surface area contributed by atoms with Crippen LogP contribution in [-0.2, 0) is 0 Å². The lowest BCUT2D eigenvalue weighted by atomic mass is 10.2. The van der Waals surface area contributed by atoms with E-state index < -0.39 is 6.09 Å². The van der Waals surface area contributed by atoms with Crippen molar-refractivity contribution in [2.24, 2.45) is 0 Å². The van der Waals surface area contributed by atoms with E-state index >= 15 is 0 Å². The van der Waals surface area contributed by atoms with Crippen LogP contribution in [0.2, 0.25) is 0 Å². The molecule has 6 nitrogen and oxygen atoms in total. The molecule has 0 radical (unpaired) electrons. The molecule has 0 spiro atoms. The van der Waals surface area contributed by atoms with Gasteiger partial charge in [0.2, 0.25) is 0 Å². The van der Waals surface area contributed by atoms with E-state index in [0.717, 1.165) is 11.6 Å². The molecule has 19 heavy (non-hydrogen) atoms. The summed E-state index contributed by atoms with van der Waals surface area (Å²) in [7, 11) is 0. The van der Waals surface area contributed by atoms with E-state index in [-0.39, 0.29) is 6.04 Å². The highest BCUT2D eigenvalue weighted by atomic mass is 16.5. The van der Waals surface area contributed by atoms with E-state index in [9.17, 15) is 4.79 Å². The van der Waals surface area contributed by atoms with Crippen LogP contribution in [0.1, 0.15) is 13.8 Å². The minimum Gasteiger partial charge on any atom is -0.494 e. The van der Waals surface area contributed by atoms with Crippen LogP contribution in [0.15, 0.2) is 18.3 Å². The van der Waals surface area contributed by atoms with Gasteiger partial charge in [-0.15, -0.1) is 0 Å². The molecule has 1 N–H and O–H groups in total. The van der Waals surface area contributed by atoms with Crippen molar-refractivity contribution in [1.82, 2.24) is 9.88 Å². The first-order valence-corrected chi connectivity index (χ1v) is 6.45. The van der Waals surface area contributed by atoms with Crippen molar-refractivity contribution in [2.45, 2.75) is 19.9 Å². The monoisotopic (exact) mass is 265 g/mol. The van der Waals surface area contributed by atoms with Gasteiger partial charge < -0.3 is 19.6 Å². The van der Waals surface area contributed by atoms with Crippen LogP contribution in [0.4, 0.5) is 10.6 Å². The molecule has 1 aromatic rings. The van der Waals surface area contributed by atoms with Crippen molar-refractivity contribution in [2.75, 3.05) is 31.1 Å². The highest BCUT2D eigenvalue weighted by Gasteiger charge is 2.27. The van der Waals surface area contributed by atoms with Crippen LogP contribution in [0.25, 0.3) is 0 Å². The number of ether oxygens (including phenoxy) is 1. The van der Waals surface area contributed by atoms with E-state index in [1.807, 2.05) is 26.0 Å². The van der Waals surface area contributed by atoms with Crippen molar-refractivity contribution in [3.05, 3.63) is 18.3 Å². The molecule has 1 aromatic heterocycles. The Morgan fingerprint density at radius 1 is 1.58 bits per heavy atom. The summed E-state index contributed by atoms with van der Waals surface area (Å²) in [5, 5.41) is 9.00. The summed E-state index contributed by atoms with van der Waals surface area (Å²) in [5.41, 5.74) is 0. The van der Waals surface area contributed by atoms with Gasteiger partial charge in [-0.05, 0) is 19.9 Å². The number of piperazine rings is 1. The number of pyridine rings is 1. The number of rotatable bonds is 3. The Labute approximate surface area is 112 Å². The van der Waals surface area contributed by atoms with Crippen molar-refractivity contribution in [3.63, 3.8) is 0 Å². The molecule has 1 amide bonds. The maximum atomic E-state index is 11.0. The van der Waals surface area contributed by atoms with Crippen LogP contribution < -0.4 is 9.64 Å². The SMILES string of the molecule is CCOc1ccnc(N2CCN(C(=O)O)CC2C)c1. The summed E-state index contributed by atoms with van der Waals surface area (Å²) in [4.78, 5) is 18.9. The third-order valence-corrected chi connectivity index (χ3v) is 3.22. The number of hydrogen-bond acceptors (Lipinski definition) is 4. The number of aromatic nitrogens is 1. The molecule has 0 aliphatic carbocycles. The van der Waals surface area contributed by atoms with Gasteiger partial charge in [-0.2, -0.15) is 0 Å². The summed E-state index contributed by atoms with van der Waals surface area (Å²) < 4.78 is 5.46. The number of carboxylic acid groups (broad SMARTS) is 1. The zero-order chi connectivity index (χ0) is 13.8. The summed E-state index contributed by atoms with van der Waals surface area (Å²) in [6, 6.07) is 3.83. The maximum Gasteiger partial charge on any atom is 0.407 e. The van der Waals surface area contributed by atoms with E-state index in [1.54, 1.807) is 6.20 Å².